The molecule has 4 nitrogen and oxygen atoms in total. The highest BCUT2D eigenvalue weighted by molar-refractivity contribution is 7.88. The topological polar surface area (TPSA) is 56.5 Å². The van der Waals surface area contributed by atoms with Gasteiger partial charge in [0.2, 0.25) is 0 Å². The summed E-state index contributed by atoms with van der Waals surface area (Å²) in [5.41, 5.74) is -4.83. The van der Waals surface area contributed by atoms with Gasteiger partial charge in [-0.2, -0.15) is 21.6 Å². The number of fused-ring (bicyclic) bond motifs is 3. The zero-order chi connectivity index (χ0) is 15.3. The summed E-state index contributed by atoms with van der Waals surface area (Å²) in [7, 11) is -5.73. The smallest absolute Gasteiger partial charge is 0.456 e. The van der Waals surface area contributed by atoms with Gasteiger partial charge in [-0.05, 0) is 18.2 Å². The van der Waals surface area contributed by atoms with Crippen molar-refractivity contribution in [3.05, 3.63) is 42.5 Å². The number of benzene rings is 2. The molecule has 110 valence electrons. The van der Waals surface area contributed by atoms with E-state index in [0.29, 0.717) is 11.0 Å². The molecule has 0 spiro atoms. The van der Waals surface area contributed by atoms with Crippen LogP contribution in [0, 0.1) is 0 Å². The molecule has 8 heteroatoms. The second-order valence-corrected chi connectivity index (χ2v) is 5.75. The van der Waals surface area contributed by atoms with E-state index in [0.717, 1.165) is 6.07 Å². The summed E-state index contributed by atoms with van der Waals surface area (Å²) in [6.45, 7) is 0. The van der Waals surface area contributed by atoms with Crippen LogP contribution in [0.4, 0.5) is 13.2 Å². The lowest BCUT2D eigenvalue weighted by Gasteiger charge is -2.09. The van der Waals surface area contributed by atoms with E-state index in [4.69, 9.17) is 4.42 Å². The number of hydrogen-bond acceptors (Lipinski definition) is 4. The highest BCUT2D eigenvalue weighted by Crippen LogP contribution is 2.37. The van der Waals surface area contributed by atoms with E-state index >= 15 is 0 Å². The van der Waals surface area contributed by atoms with Gasteiger partial charge in [-0.1, -0.05) is 24.3 Å². The molecule has 0 bridgehead atoms. The van der Waals surface area contributed by atoms with Crippen molar-refractivity contribution in [2.24, 2.45) is 0 Å². The molecule has 0 amide bonds. The third-order valence-electron chi connectivity index (χ3n) is 2.85. The zero-order valence-electron chi connectivity index (χ0n) is 10.2. The monoisotopic (exact) mass is 316 g/mol. The van der Waals surface area contributed by atoms with Crippen LogP contribution in [0.25, 0.3) is 21.9 Å². The molecule has 2 aromatic carbocycles. The molecule has 0 aliphatic heterocycles. The largest absolute Gasteiger partial charge is 0.534 e. The van der Waals surface area contributed by atoms with Crippen LogP contribution < -0.4 is 4.18 Å². The van der Waals surface area contributed by atoms with E-state index in [1.54, 1.807) is 24.3 Å². The Morgan fingerprint density at radius 1 is 0.952 bits per heavy atom. The minimum atomic E-state index is -5.73. The quantitative estimate of drug-likeness (QED) is 0.533. The van der Waals surface area contributed by atoms with Crippen molar-refractivity contribution in [3.63, 3.8) is 0 Å². The first-order valence-corrected chi connectivity index (χ1v) is 7.11. The van der Waals surface area contributed by atoms with E-state index < -0.39 is 21.4 Å². The predicted molar refractivity (Wildman–Crippen MR) is 69.3 cm³/mol. The lowest BCUT2D eigenvalue weighted by molar-refractivity contribution is -0.0499. The maximum Gasteiger partial charge on any atom is 0.534 e. The Morgan fingerprint density at radius 3 is 2.33 bits per heavy atom. The maximum absolute atomic E-state index is 12.4. The van der Waals surface area contributed by atoms with Gasteiger partial charge in [-0.3, -0.25) is 0 Å². The average Bonchev–Trinajstić information content (AvgIpc) is 2.76. The molecule has 0 saturated heterocycles. The minimum absolute atomic E-state index is 0.181. The first-order chi connectivity index (χ1) is 9.79. The highest BCUT2D eigenvalue weighted by Gasteiger charge is 2.48. The Balaban J connectivity index is 2.24. The van der Waals surface area contributed by atoms with Crippen LogP contribution in [-0.2, 0) is 10.1 Å². The lowest BCUT2D eigenvalue weighted by atomic mass is 10.1. The molecule has 0 aliphatic rings. The fourth-order valence-electron chi connectivity index (χ4n) is 1.98. The fraction of sp³-hybridized carbons (Fsp3) is 0.0769. The highest BCUT2D eigenvalue weighted by atomic mass is 32.2. The molecule has 1 heterocycles. The average molecular weight is 316 g/mol. The third-order valence-corrected chi connectivity index (χ3v) is 3.81. The molecule has 0 atom stereocenters. The second kappa shape index (κ2) is 4.39. The van der Waals surface area contributed by atoms with Gasteiger partial charge >= 0.3 is 15.6 Å². The minimum Gasteiger partial charge on any atom is -0.456 e. The van der Waals surface area contributed by atoms with E-state index in [2.05, 4.69) is 4.18 Å². The standard InChI is InChI=1S/C13H7F3O4S/c14-13(15,16)21(17,18)20-11-7-3-6-10-12(11)8-4-1-2-5-9(8)19-10/h1-7H. The summed E-state index contributed by atoms with van der Waals surface area (Å²) in [6, 6.07) is 10.6. The van der Waals surface area contributed by atoms with Crippen molar-refractivity contribution in [1.29, 1.82) is 0 Å². The summed E-state index contributed by atoms with van der Waals surface area (Å²) in [5.74, 6) is -0.422. The van der Waals surface area contributed by atoms with Gasteiger partial charge in [0.1, 0.15) is 11.2 Å². The van der Waals surface area contributed by atoms with Gasteiger partial charge < -0.3 is 8.60 Å². The van der Waals surface area contributed by atoms with E-state index in [1.165, 1.54) is 12.1 Å². The van der Waals surface area contributed by atoms with Crippen LogP contribution in [0.2, 0.25) is 0 Å². The van der Waals surface area contributed by atoms with Crippen molar-refractivity contribution in [1.82, 2.24) is 0 Å². The summed E-state index contributed by atoms with van der Waals surface area (Å²) < 4.78 is 69.2. The van der Waals surface area contributed by atoms with Gasteiger partial charge in [-0.15, -0.1) is 0 Å². The van der Waals surface area contributed by atoms with Gasteiger partial charge in [-0.25, -0.2) is 0 Å². The maximum atomic E-state index is 12.4. The van der Waals surface area contributed by atoms with Gasteiger partial charge in [0.15, 0.2) is 5.75 Å². The van der Waals surface area contributed by atoms with Crippen LogP contribution in [0.5, 0.6) is 5.75 Å². The summed E-state index contributed by atoms with van der Waals surface area (Å²) in [4.78, 5) is 0. The van der Waals surface area contributed by atoms with Crippen LogP contribution in [0.3, 0.4) is 0 Å². The van der Waals surface area contributed by atoms with Crippen molar-refractivity contribution >= 4 is 32.1 Å². The molecular formula is C13H7F3O4S. The van der Waals surface area contributed by atoms with E-state index in [9.17, 15) is 21.6 Å². The molecule has 0 N–H and O–H groups in total. The number of hydrogen-bond donors (Lipinski definition) is 0. The predicted octanol–water partition coefficient (Wildman–Crippen LogP) is 3.81. The first-order valence-electron chi connectivity index (χ1n) is 5.70. The molecule has 3 aromatic rings. The van der Waals surface area contributed by atoms with Gasteiger partial charge in [0.05, 0.1) is 5.39 Å². The Bertz CT molecular complexity index is 925. The van der Waals surface area contributed by atoms with Crippen LogP contribution in [-0.4, -0.2) is 13.9 Å². The molecule has 1 aromatic heterocycles. The Morgan fingerprint density at radius 2 is 1.62 bits per heavy atom. The Hall–Kier alpha value is -2.22. The number of rotatable bonds is 2. The molecule has 0 aliphatic carbocycles. The van der Waals surface area contributed by atoms with Gasteiger partial charge in [0.25, 0.3) is 0 Å². The molecule has 0 unspecified atom stereocenters. The van der Waals surface area contributed by atoms with E-state index in [1.807, 2.05) is 0 Å². The fourth-order valence-corrected chi connectivity index (χ4v) is 2.45. The van der Waals surface area contributed by atoms with Crippen molar-refractivity contribution in [2.45, 2.75) is 5.51 Å². The first kappa shape index (κ1) is 13.7. The Labute approximate surface area is 116 Å². The third kappa shape index (κ3) is 2.21. The molecule has 21 heavy (non-hydrogen) atoms. The number of furan rings is 1. The second-order valence-electron chi connectivity index (χ2n) is 4.21. The molecule has 3 rings (SSSR count). The van der Waals surface area contributed by atoms with Crippen LogP contribution in [0.15, 0.2) is 46.9 Å². The number of para-hydroxylation sites is 1. The summed E-state index contributed by atoms with van der Waals surface area (Å²) in [5, 5.41) is 0.654. The molecule has 0 fully saturated rings. The van der Waals surface area contributed by atoms with Crippen molar-refractivity contribution < 1.29 is 30.2 Å². The molecular weight excluding hydrogens is 309 g/mol. The normalized spacial score (nSPS) is 12.9. The zero-order valence-corrected chi connectivity index (χ0v) is 11.0. The van der Waals surface area contributed by atoms with Crippen molar-refractivity contribution in [3.8, 4) is 5.75 Å². The number of halogens is 3. The van der Waals surface area contributed by atoms with Crippen LogP contribution >= 0.6 is 0 Å². The SMILES string of the molecule is O=S(=O)(Oc1cccc2oc3ccccc3c12)C(F)(F)F. The summed E-state index contributed by atoms with van der Waals surface area (Å²) in [6.07, 6.45) is 0. The van der Waals surface area contributed by atoms with Crippen LogP contribution in [0.1, 0.15) is 0 Å². The number of alkyl halides is 3. The lowest BCUT2D eigenvalue weighted by Crippen LogP contribution is -2.28. The molecule has 0 radical (unpaired) electrons. The molecule has 0 saturated carbocycles. The van der Waals surface area contributed by atoms with Crippen molar-refractivity contribution in [2.75, 3.05) is 0 Å². The summed E-state index contributed by atoms with van der Waals surface area (Å²) >= 11 is 0. The van der Waals surface area contributed by atoms with E-state index in [-0.39, 0.29) is 11.0 Å². The van der Waals surface area contributed by atoms with Gasteiger partial charge in [0, 0.05) is 5.39 Å². The Kier molecular flexibility index (Phi) is 2.87.